The summed E-state index contributed by atoms with van der Waals surface area (Å²) in [5, 5.41) is 3.73. The summed E-state index contributed by atoms with van der Waals surface area (Å²) in [6.45, 7) is 13.1. The molecule has 0 spiro atoms. The van der Waals surface area contributed by atoms with Crippen molar-refractivity contribution >= 4 is 5.78 Å². The summed E-state index contributed by atoms with van der Waals surface area (Å²) >= 11 is 0. The average Bonchev–Trinajstić information content (AvgIpc) is 2.85. The molecular weight excluding hydrogens is 294 g/mol. The molecule has 1 heterocycles. The molecular formula is C22H37NO. The van der Waals surface area contributed by atoms with Crippen LogP contribution in [-0.4, -0.2) is 17.9 Å². The van der Waals surface area contributed by atoms with Crippen LogP contribution in [0.2, 0.25) is 0 Å². The quantitative estimate of drug-likeness (QED) is 0.689. The summed E-state index contributed by atoms with van der Waals surface area (Å²) in [7, 11) is 0. The molecule has 2 heteroatoms. The maximum absolute atomic E-state index is 11.9. The van der Waals surface area contributed by atoms with Crippen molar-refractivity contribution in [2.24, 2.45) is 40.4 Å². The molecule has 1 aliphatic heterocycles. The highest BCUT2D eigenvalue weighted by molar-refractivity contribution is 5.82. The van der Waals surface area contributed by atoms with Crippen LogP contribution in [0, 0.1) is 40.4 Å². The Balaban J connectivity index is 1.62. The Morgan fingerprint density at radius 3 is 2.46 bits per heavy atom. The Kier molecular flexibility index (Phi) is 3.78. The zero-order valence-electron chi connectivity index (χ0n) is 16.5. The van der Waals surface area contributed by atoms with Gasteiger partial charge in [-0.2, -0.15) is 0 Å². The van der Waals surface area contributed by atoms with E-state index in [0.717, 1.165) is 30.1 Å². The van der Waals surface area contributed by atoms with Gasteiger partial charge in [0.2, 0.25) is 0 Å². The number of rotatable bonds is 0. The van der Waals surface area contributed by atoms with Crippen molar-refractivity contribution in [2.45, 2.75) is 85.1 Å². The van der Waals surface area contributed by atoms with E-state index in [1.165, 1.54) is 38.5 Å². The highest BCUT2D eigenvalue weighted by Gasteiger charge is 2.61. The zero-order valence-corrected chi connectivity index (χ0v) is 16.5. The van der Waals surface area contributed by atoms with Crippen molar-refractivity contribution in [3.63, 3.8) is 0 Å². The molecule has 3 aliphatic carbocycles. The van der Waals surface area contributed by atoms with E-state index < -0.39 is 0 Å². The van der Waals surface area contributed by atoms with Gasteiger partial charge in [-0.15, -0.1) is 0 Å². The summed E-state index contributed by atoms with van der Waals surface area (Å²) in [4.78, 5) is 11.9. The van der Waals surface area contributed by atoms with Gasteiger partial charge >= 0.3 is 0 Å². The molecule has 136 valence electrons. The van der Waals surface area contributed by atoms with Crippen LogP contribution in [0.15, 0.2) is 0 Å². The second-order valence-electron chi connectivity index (χ2n) is 11.1. The second kappa shape index (κ2) is 5.32. The lowest BCUT2D eigenvalue weighted by Gasteiger charge is -2.61. The largest absolute Gasteiger partial charge is 0.304 e. The van der Waals surface area contributed by atoms with Gasteiger partial charge < -0.3 is 5.32 Å². The molecule has 4 aliphatic rings. The zero-order chi connectivity index (χ0) is 17.3. The highest BCUT2D eigenvalue weighted by Crippen LogP contribution is 2.66. The van der Waals surface area contributed by atoms with E-state index in [1.54, 1.807) is 0 Å². The Morgan fingerprint density at radius 1 is 1.00 bits per heavy atom. The van der Waals surface area contributed by atoms with Crippen LogP contribution in [-0.2, 0) is 4.79 Å². The van der Waals surface area contributed by atoms with Gasteiger partial charge in [-0.25, -0.2) is 0 Å². The molecule has 0 amide bonds. The van der Waals surface area contributed by atoms with E-state index in [9.17, 15) is 4.79 Å². The van der Waals surface area contributed by atoms with Crippen molar-refractivity contribution in [3.05, 3.63) is 0 Å². The first-order valence-corrected chi connectivity index (χ1v) is 10.4. The van der Waals surface area contributed by atoms with E-state index in [4.69, 9.17) is 0 Å². The molecule has 0 radical (unpaired) electrons. The molecule has 4 rings (SSSR count). The molecule has 0 aromatic heterocycles. The Bertz CT molecular complexity index is 535. The number of carbonyl (C=O) groups is 1. The first kappa shape index (κ1) is 17.1. The molecule has 1 saturated heterocycles. The smallest absolute Gasteiger partial charge is 0.146 e. The first-order valence-electron chi connectivity index (χ1n) is 10.4. The minimum atomic E-state index is 0.220. The molecule has 3 saturated carbocycles. The highest BCUT2D eigenvalue weighted by atomic mass is 16.1. The molecule has 7 atom stereocenters. The average molecular weight is 332 g/mol. The maximum atomic E-state index is 11.9. The first-order chi connectivity index (χ1) is 11.2. The number of nitrogens with one attached hydrogen (secondary N) is 1. The van der Waals surface area contributed by atoms with E-state index in [-0.39, 0.29) is 5.54 Å². The number of carbonyl (C=O) groups excluding carboxylic acids is 1. The van der Waals surface area contributed by atoms with Crippen molar-refractivity contribution < 1.29 is 4.79 Å². The van der Waals surface area contributed by atoms with E-state index in [2.05, 4.69) is 39.9 Å². The Hall–Kier alpha value is -0.370. The van der Waals surface area contributed by atoms with Crippen LogP contribution in [0.1, 0.15) is 79.6 Å². The van der Waals surface area contributed by atoms with Crippen LogP contribution in [0.25, 0.3) is 0 Å². The van der Waals surface area contributed by atoms with Crippen molar-refractivity contribution in [1.82, 2.24) is 5.32 Å². The third-order valence-corrected chi connectivity index (χ3v) is 9.09. The van der Waals surface area contributed by atoms with Crippen molar-refractivity contribution in [2.75, 3.05) is 6.54 Å². The Morgan fingerprint density at radius 2 is 1.75 bits per heavy atom. The second-order valence-corrected chi connectivity index (χ2v) is 11.1. The summed E-state index contributed by atoms with van der Waals surface area (Å²) in [6, 6.07) is 0. The van der Waals surface area contributed by atoms with Gasteiger partial charge in [-0.3, -0.25) is 4.79 Å². The molecule has 0 aromatic rings. The van der Waals surface area contributed by atoms with Gasteiger partial charge in [-0.05, 0) is 85.9 Å². The summed E-state index contributed by atoms with van der Waals surface area (Å²) in [6.07, 6.45) is 9.12. The van der Waals surface area contributed by atoms with Gasteiger partial charge in [0.15, 0.2) is 0 Å². The van der Waals surface area contributed by atoms with Crippen LogP contribution in [0.5, 0.6) is 0 Å². The van der Waals surface area contributed by atoms with E-state index in [1.807, 2.05) is 0 Å². The normalized spacial score (nSPS) is 51.7. The molecule has 0 bridgehead atoms. The number of ketones is 1. The van der Waals surface area contributed by atoms with Gasteiger partial charge in [0.25, 0.3) is 0 Å². The van der Waals surface area contributed by atoms with Crippen LogP contribution >= 0.6 is 0 Å². The van der Waals surface area contributed by atoms with Crippen LogP contribution in [0.3, 0.4) is 0 Å². The molecule has 1 N–H and O–H groups in total. The molecule has 2 nitrogen and oxygen atoms in total. The number of fused-ring (bicyclic) bond motifs is 5. The van der Waals surface area contributed by atoms with E-state index >= 15 is 0 Å². The van der Waals surface area contributed by atoms with Gasteiger partial charge in [0.05, 0.1) is 6.54 Å². The summed E-state index contributed by atoms with van der Waals surface area (Å²) in [5.41, 5.74) is 1.21. The summed E-state index contributed by atoms with van der Waals surface area (Å²) < 4.78 is 0. The minimum absolute atomic E-state index is 0.220. The predicted octanol–water partition coefficient (Wildman–Crippen LogP) is 4.82. The topological polar surface area (TPSA) is 29.1 Å². The minimum Gasteiger partial charge on any atom is -0.304 e. The SMILES string of the molecule is CC(C)(C)[C@H]1CC[C@H]2[C@@H]3CCC4CC(=O)CN[C@]4(C)[C@H]3CC[C@]12C. The molecule has 4 fully saturated rings. The predicted molar refractivity (Wildman–Crippen MR) is 98.7 cm³/mol. The van der Waals surface area contributed by atoms with E-state index in [0.29, 0.717) is 29.1 Å². The third-order valence-electron chi connectivity index (χ3n) is 9.09. The molecule has 24 heavy (non-hydrogen) atoms. The third kappa shape index (κ3) is 2.27. The van der Waals surface area contributed by atoms with Crippen molar-refractivity contribution in [1.29, 1.82) is 0 Å². The standard InChI is InChI=1S/C22H37NO/c1-20(2,3)19-9-8-17-16-7-6-14-12-15(24)13-23-22(14,5)18(16)10-11-21(17,19)4/h14,16-19,23H,6-13H2,1-5H3/t14?,16-,17-,18-,19+,21-,22-/m0/s1. The van der Waals surface area contributed by atoms with Crippen LogP contribution < -0.4 is 5.32 Å². The lowest BCUT2D eigenvalue weighted by Crippen LogP contribution is -2.65. The van der Waals surface area contributed by atoms with Gasteiger partial charge in [-0.1, -0.05) is 27.7 Å². The number of piperidine rings is 1. The number of hydrogen-bond donors (Lipinski definition) is 1. The number of Topliss-reactive ketones (excluding diaryl/α,β-unsaturated/α-hetero) is 1. The van der Waals surface area contributed by atoms with Gasteiger partial charge in [0, 0.05) is 12.0 Å². The monoisotopic (exact) mass is 331 g/mol. The fourth-order valence-corrected chi connectivity index (χ4v) is 8.08. The summed E-state index contributed by atoms with van der Waals surface area (Å²) in [5.74, 6) is 4.49. The van der Waals surface area contributed by atoms with Crippen LogP contribution in [0.4, 0.5) is 0 Å². The molecule has 0 aromatic carbocycles. The van der Waals surface area contributed by atoms with Crippen molar-refractivity contribution in [3.8, 4) is 0 Å². The fraction of sp³-hybridized carbons (Fsp3) is 0.955. The lowest BCUT2D eigenvalue weighted by atomic mass is 9.47. The molecule has 1 unspecified atom stereocenters. The fourth-order valence-electron chi connectivity index (χ4n) is 8.08. The Labute approximate surface area is 148 Å². The lowest BCUT2D eigenvalue weighted by molar-refractivity contribution is -0.131. The maximum Gasteiger partial charge on any atom is 0.146 e. The number of hydrogen-bond acceptors (Lipinski definition) is 2. The van der Waals surface area contributed by atoms with Gasteiger partial charge in [0.1, 0.15) is 5.78 Å².